The maximum atomic E-state index is 12.7. The van der Waals surface area contributed by atoms with Crippen molar-refractivity contribution in [3.05, 3.63) is 60.0 Å². The van der Waals surface area contributed by atoms with Crippen molar-refractivity contribution in [2.75, 3.05) is 32.8 Å². The van der Waals surface area contributed by atoms with Gasteiger partial charge in [0.2, 0.25) is 10.0 Å². The lowest BCUT2D eigenvalue weighted by atomic mass is 10.1. The van der Waals surface area contributed by atoms with Crippen LogP contribution in [-0.4, -0.2) is 61.4 Å². The molecule has 1 aromatic carbocycles. The molecular weight excluding hydrogens is 392 g/mol. The van der Waals surface area contributed by atoms with Crippen LogP contribution < -0.4 is 5.32 Å². The third-order valence-corrected chi connectivity index (χ3v) is 6.78. The molecule has 0 aliphatic carbocycles. The zero-order valence-electron chi connectivity index (χ0n) is 15.8. The summed E-state index contributed by atoms with van der Waals surface area (Å²) in [5.74, 6) is -0.346. The summed E-state index contributed by atoms with van der Waals surface area (Å²) in [6.07, 6.45) is 3.73. The Labute approximate surface area is 168 Å². The van der Waals surface area contributed by atoms with Crippen LogP contribution in [0.1, 0.15) is 16.1 Å². The van der Waals surface area contributed by atoms with Crippen molar-refractivity contribution >= 4 is 26.8 Å². The molecule has 2 aromatic heterocycles. The number of sulfonamides is 1. The Morgan fingerprint density at radius 3 is 2.83 bits per heavy atom. The lowest BCUT2D eigenvalue weighted by molar-refractivity contribution is 0.0730. The fourth-order valence-electron chi connectivity index (χ4n) is 3.37. The molecule has 1 amide bonds. The molecule has 1 aliphatic heterocycles. The molecule has 0 bridgehead atoms. The minimum atomic E-state index is -3.63. The standard InChI is InChI=1S/C20H22N4O4S/c25-20(22-8-6-16-4-1-3-15-5-2-7-21-19(15)16)18-13-17(14-23-18)29(26,27)24-9-11-28-12-10-24/h1-5,7,13-14,23H,6,8-12H2,(H,22,25). The predicted molar refractivity (Wildman–Crippen MR) is 108 cm³/mol. The van der Waals surface area contributed by atoms with E-state index >= 15 is 0 Å². The zero-order chi connectivity index (χ0) is 20.3. The average molecular weight is 414 g/mol. The van der Waals surface area contributed by atoms with Gasteiger partial charge < -0.3 is 15.0 Å². The largest absolute Gasteiger partial charge is 0.379 e. The van der Waals surface area contributed by atoms with Gasteiger partial charge in [0, 0.05) is 37.4 Å². The van der Waals surface area contributed by atoms with Gasteiger partial charge >= 0.3 is 0 Å². The van der Waals surface area contributed by atoms with Gasteiger partial charge in [0.25, 0.3) is 5.91 Å². The molecule has 0 spiro atoms. The van der Waals surface area contributed by atoms with Gasteiger partial charge in [-0.25, -0.2) is 8.42 Å². The molecule has 3 heterocycles. The second-order valence-corrected chi connectivity index (χ2v) is 8.70. The number of fused-ring (bicyclic) bond motifs is 1. The van der Waals surface area contributed by atoms with Crippen molar-refractivity contribution in [1.29, 1.82) is 0 Å². The lowest BCUT2D eigenvalue weighted by Crippen LogP contribution is -2.40. The molecule has 3 aromatic rings. The van der Waals surface area contributed by atoms with Crippen LogP contribution in [0.3, 0.4) is 0 Å². The molecule has 8 nitrogen and oxygen atoms in total. The molecule has 0 atom stereocenters. The van der Waals surface area contributed by atoms with Crippen LogP contribution in [0.25, 0.3) is 10.9 Å². The van der Waals surface area contributed by atoms with E-state index in [1.165, 1.54) is 16.6 Å². The van der Waals surface area contributed by atoms with Crippen molar-refractivity contribution in [1.82, 2.24) is 19.6 Å². The number of aromatic nitrogens is 2. The number of carbonyl (C=O) groups excluding carboxylic acids is 1. The molecule has 0 saturated carbocycles. The number of rotatable bonds is 6. The fraction of sp³-hybridized carbons (Fsp3) is 0.300. The Morgan fingerprint density at radius 2 is 2.00 bits per heavy atom. The van der Waals surface area contributed by atoms with E-state index in [4.69, 9.17) is 4.74 Å². The zero-order valence-corrected chi connectivity index (χ0v) is 16.6. The molecule has 152 valence electrons. The second-order valence-electron chi connectivity index (χ2n) is 6.76. The number of morpholine rings is 1. The Hall–Kier alpha value is -2.75. The molecule has 2 N–H and O–H groups in total. The summed E-state index contributed by atoms with van der Waals surface area (Å²) in [4.78, 5) is 19.7. The van der Waals surface area contributed by atoms with Crippen LogP contribution in [0.2, 0.25) is 0 Å². The normalized spacial score (nSPS) is 15.4. The number of carbonyl (C=O) groups is 1. The first kappa shape index (κ1) is 19.6. The second kappa shape index (κ2) is 8.32. The third-order valence-electron chi connectivity index (χ3n) is 4.91. The number of nitrogens with one attached hydrogen (secondary N) is 2. The van der Waals surface area contributed by atoms with Crippen LogP contribution in [0.4, 0.5) is 0 Å². The molecule has 1 fully saturated rings. The number of benzene rings is 1. The highest BCUT2D eigenvalue weighted by Gasteiger charge is 2.27. The lowest BCUT2D eigenvalue weighted by Gasteiger charge is -2.25. The molecule has 9 heteroatoms. The van der Waals surface area contributed by atoms with Gasteiger partial charge in [0.05, 0.1) is 18.7 Å². The van der Waals surface area contributed by atoms with E-state index < -0.39 is 10.0 Å². The van der Waals surface area contributed by atoms with Gasteiger partial charge in [0.15, 0.2) is 0 Å². The molecular formula is C20H22N4O4S. The van der Waals surface area contributed by atoms with Crippen LogP contribution >= 0.6 is 0 Å². The van der Waals surface area contributed by atoms with Gasteiger partial charge in [-0.1, -0.05) is 24.3 Å². The van der Waals surface area contributed by atoms with Crippen LogP contribution in [0.15, 0.2) is 53.7 Å². The maximum absolute atomic E-state index is 12.7. The molecule has 29 heavy (non-hydrogen) atoms. The molecule has 1 saturated heterocycles. The maximum Gasteiger partial charge on any atom is 0.267 e. The number of para-hydroxylation sites is 1. The number of hydrogen-bond donors (Lipinski definition) is 2. The number of pyridine rings is 1. The van der Waals surface area contributed by atoms with E-state index in [1.807, 2.05) is 30.3 Å². The summed E-state index contributed by atoms with van der Waals surface area (Å²) in [5.41, 5.74) is 2.18. The first-order chi connectivity index (χ1) is 14.1. The quantitative estimate of drug-likeness (QED) is 0.637. The first-order valence-corrected chi connectivity index (χ1v) is 10.9. The Balaban J connectivity index is 1.39. The van der Waals surface area contributed by atoms with E-state index in [1.54, 1.807) is 6.20 Å². The minimum Gasteiger partial charge on any atom is -0.379 e. The van der Waals surface area contributed by atoms with Crippen LogP contribution in [0, 0.1) is 0 Å². The Bertz CT molecular complexity index is 1110. The highest BCUT2D eigenvalue weighted by atomic mass is 32.2. The van der Waals surface area contributed by atoms with E-state index in [0.717, 1.165) is 16.5 Å². The first-order valence-electron chi connectivity index (χ1n) is 9.43. The monoisotopic (exact) mass is 414 g/mol. The summed E-state index contributed by atoms with van der Waals surface area (Å²) >= 11 is 0. The SMILES string of the molecule is O=C(NCCc1cccc2cccnc12)c1cc(S(=O)(=O)N2CCOCC2)c[nH]1. The number of ether oxygens (including phenoxy) is 1. The number of aromatic amines is 1. The van der Waals surface area contributed by atoms with Crippen LogP contribution in [-0.2, 0) is 21.2 Å². The molecule has 0 radical (unpaired) electrons. The van der Waals surface area contributed by atoms with Gasteiger partial charge in [-0.05, 0) is 24.1 Å². The summed E-state index contributed by atoms with van der Waals surface area (Å²) < 4.78 is 31.9. The van der Waals surface area contributed by atoms with E-state index in [2.05, 4.69) is 15.3 Å². The fourth-order valence-corrected chi connectivity index (χ4v) is 4.77. The highest BCUT2D eigenvalue weighted by molar-refractivity contribution is 7.89. The van der Waals surface area contributed by atoms with Crippen molar-refractivity contribution in [2.24, 2.45) is 0 Å². The van der Waals surface area contributed by atoms with Gasteiger partial charge in [-0.2, -0.15) is 4.31 Å². The van der Waals surface area contributed by atoms with E-state index in [-0.39, 0.29) is 16.5 Å². The molecule has 1 aliphatic rings. The summed E-state index contributed by atoms with van der Waals surface area (Å²) in [7, 11) is -3.63. The van der Waals surface area contributed by atoms with Crippen molar-refractivity contribution in [3.8, 4) is 0 Å². The number of H-pyrrole nitrogens is 1. The van der Waals surface area contributed by atoms with Gasteiger partial charge in [-0.15, -0.1) is 0 Å². The molecule has 4 rings (SSSR count). The number of nitrogens with zero attached hydrogens (tertiary/aromatic N) is 2. The minimum absolute atomic E-state index is 0.0859. The Kier molecular flexibility index (Phi) is 5.61. The number of hydrogen-bond acceptors (Lipinski definition) is 5. The summed E-state index contributed by atoms with van der Waals surface area (Å²) in [6, 6.07) is 11.2. The smallest absolute Gasteiger partial charge is 0.267 e. The topological polar surface area (TPSA) is 104 Å². The van der Waals surface area contributed by atoms with Crippen LogP contribution in [0.5, 0.6) is 0 Å². The van der Waals surface area contributed by atoms with Crippen molar-refractivity contribution in [3.63, 3.8) is 0 Å². The van der Waals surface area contributed by atoms with E-state index in [9.17, 15) is 13.2 Å². The average Bonchev–Trinajstić information content (AvgIpc) is 3.26. The number of amides is 1. The molecule has 0 unspecified atom stereocenters. The predicted octanol–water partition coefficient (Wildman–Crippen LogP) is 1.56. The third kappa shape index (κ3) is 4.16. The summed E-state index contributed by atoms with van der Waals surface area (Å²) in [6.45, 7) is 1.79. The Morgan fingerprint density at radius 1 is 1.21 bits per heavy atom. The van der Waals surface area contributed by atoms with Crippen molar-refractivity contribution < 1.29 is 17.9 Å². The highest BCUT2D eigenvalue weighted by Crippen LogP contribution is 2.18. The van der Waals surface area contributed by atoms with Crippen molar-refractivity contribution in [2.45, 2.75) is 11.3 Å². The van der Waals surface area contributed by atoms with Gasteiger partial charge in [0.1, 0.15) is 10.6 Å². The van der Waals surface area contributed by atoms with Gasteiger partial charge in [-0.3, -0.25) is 9.78 Å². The van der Waals surface area contributed by atoms with E-state index in [0.29, 0.717) is 39.3 Å². The summed E-state index contributed by atoms with van der Waals surface area (Å²) in [5, 5.41) is 3.88.